The Hall–Kier alpha value is 0.01000. The summed E-state index contributed by atoms with van der Waals surface area (Å²) in [5, 5.41) is 9.32. The van der Waals surface area contributed by atoms with Gasteiger partial charge in [0.15, 0.2) is 0 Å². The highest BCUT2D eigenvalue weighted by Crippen LogP contribution is 1.96. The second-order valence-corrected chi connectivity index (χ2v) is 3.11. The Morgan fingerprint density at radius 2 is 1.60 bits per heavy atom. The van der Waals surface area contributed by atoms with E-state index in [2.05, 4.69) is 19.6 Å². The van der Waals surface area contributed by atoms with Gasteiger partial charge >= 0.3 is 0 Å². The highest BCUT2D eigenvalue weighted by molar-refractivity contribution is 6.52. The molecule has 5 heteroatoms. The Kier molecular flexibility index (Phi) is 9.02. The third-order valence-corrected chi connectivity index (χ3v) is 0.535. The maximum absolute atomic E-state index is 9.32. The topological polar surface area (TPSA) is 67.8 Å². The van der Waals surface area contributed by atoms with E-state index in [0.717, 1.165) is 0 Å². The van der Waals surface area contributed by atoms with Gasteiger partial charge in [-0.15, -0.1) is 0 Å². The number of carboxylic acid groups (broad SMARTS) is 1. The molecule has 0 aromatic carbocycles. The van der Waals surface area contributed by atoms with Gasteiger partial charge in [-0.3, -0.25) is 0 Å². The van der Waals surface area contributed by atoms with Crippen molar-refractivity contribution >= 4 is 29.2 Å². The molecule has 3 nitrogen and oxygen atoms in total. The molecule has 0 heterocycles. The Balaban J connectivity index is 0. The van der Waals surface area contributed by atoms with Gasteiger partial charge in [-0.1, -0.05) is 23.2 Å². The summed E-state index contributed by atoms with van der Waals surface area (Å²) >= 11 is 9.43. The van der Waals surface area contributed by atoms with E-state index in [9.17, 15) is 9.90 Å². The smallest absolute Gasteiger partial charge is 0.146 e. The lowest BCUT2D eigenvalue weighted by molar-refractivity contribution is -0.407. The molecule has 0 atom stereocenters. The van der Waals surface area contributed by atoms with Crippen molar-refractivity contribution in [1.29, 1.82) is 0 Å². The van der Waals surface area contributed by atoms with Gasteiger partial charge in [0.25, 0.3) is 0 Å². The van der Waals surface area contributed by atoms with Gasteiger partial charge in [0.1, 0.15) is 4.84 Å². The van der Waals surface area contributed by atoms with Crippen LogP contribution >= 0.6 is 23.2 Å². The summed E-state index contributed by atoms with van der Waals surface area (Å²) in [6.07, 6.45) is 0. The van der Waals surface area contributed by atoms with E-state index in [1.807, 2.05) is 0 Å². The molecule has 0 saturated heterocycles. The number of aliphatic carboxylic acids is 1. The number of carbonyl (C=O) groups excluding carboxylic acids is 1. The van der Waals surface area contributed by atoms with Crippen molar-refractivity contribution in [2.24, 2.45) is 0 Å². The van der Waals surface area contributed by atoms with Gasteiger partial charge in [-0.25, -0.2) is 0 Å². The molecule has 0 aliphatic heterocycles. The van der Waals surface area contributed by atoms with Crippen molar-refractivity contribution < 1.29 is 15.6 Å². The van der Waals surface area contributed by atoms with Crippen molar-refractivity contribution in [3.63, 3.8) is 0 Å². The van der Waals surface area contributed by atoms with Crippen LogP contribution in [0.1, 0.15) is 13.8 Å². The number of hydrogen-bond donors (Lipinski definition) is 1. The Morgan fingerprint density at radius 1 is 1.50 bits per heavy atom. The summed E-state index contributed by atoms with van der Waals surface area (Å²) in [5.74, 6) is -1.46. The van der Waals surface area contributed by atoms with Crippen molar-refractivity contribution in [1.82, 2.24) is 0 Å². The SMILES string of the molecule is CC(C)[NH3+].O=C([O-])C(Cl)Cl. The van der Waals surface area contributed by atoms with Crippen LogP contribution in [0.25, 0.3) is 0 Å². The molecule has 0 bridgehead atoms. The minimum Gasteiger partial charge on any atom is -0.547 e. The molecule has 0 radical (unpaired) electrons. The summed E-state index contributed by atoms with van der Waals surface area (Å²) < 4.78 is 0. The lowest BCUT2D eigenvalue weighted by Gasteiger charge is -1.96. The normalized spacial score (nSPS) is 9.10. The summed E-state index contributed by atoms with van der Waals surface area (Å²) in [4.78, 5) is 7.93. The van der Waals surface area contributed by atoms with Gasteiger partial charge in [-0.2, -0.15) is 0 Å². The molecule has 0 rings (SSSR count). The van der Waals surface area contributed by atoms with Gasteiger partial charge < -0.3 is 15.6 Å². The van der Waals surface area contributed by atoms with E-state index in [-0.39, 0.29) is 0 Å². The highest BCUT2D eigenvalue weighted by Gasteiger charge is 1.93. The fourth-order valence-corrected chi connectivity index (χ4v) is 0. The summed E-state index contributed by atoms with van der Waals surface area (Å²) in [6, 6.07) is 0.583. The number of carbonyl (C=O) groups is 1. The van der Waals surface area contributed by atoms with E-state index in [1.54, 1.807) is 0 Å². The maximum atomic E-state index is 9.32. The molecule has 0 amide bonds. The molecule has 0 spiro atoms. The average Bonchev–Trinajstić information content (AvgIpc) is 1.63. The van der Waals surface area contributed by atoms with Crippen LogP contribution in [0.4, 0.5) is 0 Å². The molecule has 3 N–H and O–H groups in total. The fourth-order valence-electron chi connectivity index (χ4n) is 0. The molecule has 0 aliphatic rings. The highest BCUT2D eigenvalue weighted by atomic mass is 35.5. The largest absolute Gasteiger partial charge is 0.547 e. The van der Waals surface area contributed by atoms with Crippen molar-refractivity contribution in [2.45, 2.75) is 24.7 Å². The molecule has 0 aliphatic carbocycles. The molecule has 0 saturated carbocycles. The van der Waals surface area contributed by atoms with Crippen molar-refractivity contribution in [3.8, 4) is 0 Å². The Morgan fingerprint density at radius 3 is 1.60 bits per heavy atom. The van der Waals surface area contributed by atoms with E-state index >= 15 is 0 Å². The van der Waals surface area contributed by atoms with Crippen LogP contribution in [0.15, 0.2) is 0 Å². The van der Waals surface area contributed by atoms with Gasteiger partial charge in [0, 0.05) is 0 Å². The number of quaternary nitrogens is 1. The average molecular weight is 188 g/mol. The number of carboxylic acids is 1. The Labute approximate surface area is 70.1 Å². The lowest BCUT2D eigenvalue weighted by Crippen LogP contribution is -2.57. The second kappa shape index (κ2) is 7.12. The van der Waals surface area contributed by atoms with Crippen molar-refractivity contribution in [2.75, 3.05) is 0 Å². The molecule has 0 aromatic rings. The zero-order chi connectivity index (χ0) is 8.73. The molecule has 0 aromatic heterocycles. The van der Waals surface area contributed by atoms with Gasteiger partial charge in [0.05, 0.1) is 12.0 Å². The zero-order valence-electron chi connectivity index (χ0n) is 5.93. The summed E-state index contributed by atoms with van der Waals surface area (Å²) in [6.45, 7) is 4.11. The lowest BCUT2D eigenvalue weighted by atomic mass is 10.5. The number of alkyl halides is 2. The first-order valence-corrected chi connectivity index (χ1v) is 3.57. The van der Waals surface area contributed by atoms with Gasteiger partial charge in [0.2, 0.25) is 0 Å². The minimum absolute atomic E-state index is 0.583. The zero-order valence-corrected chi connectivity index (χ0v) is 7.45. The van der Waals surface area contributed by atoms with E-state index in [4.69, 9.17) is 23.2 Å². The fraction of sp³-hybridized carbons (Fsp3) is 0.800. The van der Waals surface area contributed by atoms with Crippen LogP contribution in [0.3, 0.4) is 0 Å². The molecular weight excluding hydrogens is 177 g/mol. The monoisotopic (exact) mass is 187 g/mol. The first-order chi connectivity index (χ1) is 4.37. The number of halogens is 2. The van der Waals surface area contributed by atoms with E-state index in [0.29, 0.717) is 6.04 Å². The molecule has 62 valence electrons. The van der Waals surface area contributed by atoms with Gasteiger partial charge in [-0.05, 0) is 13.8 Å². The third kappa shape index (κ3) is 24.5. The van der Waals surface area contributed by atoms with Crippen molar-refractivity contribution in [3.05, 3.63) is 0 Å². The second-order valence-electron chi connectivity index (χ2n) is 2.01. The first-order valence-electron chi connectivity index (χ1n) is 2.70. The molecule has 0 fully saturated rings. The standard InChI is InChI=1S/C3H9N.C2H2Cl2O2/c1-3(2)4;3-1(4)2(5)6/h3H,4H2,1-2H3;1H,(H,5,6). The predicted octanol–water partition coefficient (Wildman–Crippen LogP) is -0.823. The number of rotatable bonds is 1. The van der Waals surface area contributed by atoms with Crippen LogP contribution in [-0.2, 0) is 4.79 Å². The minimum atomic E-state index is -1.46. The van der Waals surface area contributed by atoms with Crippen LogP contribution < -0.4 is 10.8 Å². The maximum Gasteiger partial charge on any atom is 0.146 e. The predicted molar refractivity (Wildman–Crippen MR) is 38.5 cm³/mol. The van der Waals surface area contributed by atoms with E-state index in [1.165, 1.54) is 0 Å². The molecule has 0 unspecified atom stereocenters. The molecule has 10 heavy (non-hydrogen) atoms. The summed E-state index contributed by atoms with van der Waals surface area (Å²) in [5.41, 5.74) is 3.64. The van der Waals surface area contributed by atoms with Crippen LogP contribution in [0.2, 0.25) is 0 Å². The van der Waals surface area contributed by atoms with Crippen LogP contribution in [0.5, 0.6) is 0 Å². The number of hydrogen-bond acceptors (Lipinski definition) is 2. The molecular formula is C5H11Cl2NO2. The quantitative estimate of drug-likeness (QED) is 0.546. The Bertz CT molecular complexity index is 92.9. The first kappa shape index (κ1) is 12.7. The van der Waals surface area contributed by atoms with E-state index < -0.39 is 10.8 Å². The van der Waals surface area contributed by atoms with Crippen LogP contribution in [0, 0.1) is 0 Å². The third-order valence-electron chi connectivity index (χ3n) is 0.178. The summed E-state index contributed by atoms with van der Waals surface area (Å²) in [7, 11) is 0. The van der Waals surface area contributed by atoms with Crippen LogP contribution in [-0.4, -0.2) is 16.8 Å².